The molecule has 0 saturated heterocycles. The Morgan fingerprint density at radius 3 is 2.26 bits per heavy atom. The van der Waals surface area contributed by atoms with Gasteiger partial charge in [0.15, 0.2) is 5.43 Å². The molecular weight excluding hydrogens is 442 g/mol. The molecule has 2 heterocycles. The highest BCUT2D eigenvalue weighted by atomic mass is 16.5. The molecule has 1 unspecified atom stereocenters. The average molecular weight is 468 g/mol. The largest absolute Gasteiger partial charge is 0.462 e. The van der Waals surface area contributed by atoms with E-state index < -0.39 is 17.9 Å². The van der Waals surface area contributed by atoms with Gasteiger partial charge in [0, 0.05) is 5.69 Å². The lowest BCUT2D eigenvalue weighted by Crippen LogP contribution is -2.29. The van der Waals surface area contributed by atoms with E-state index in [-0.39, 0.29) is 17.8 Å². The van der Waals surface area contributed by atoms with Crippen LogP contribution in [0.1, 0.15) is 61.7 Å². The summed E-state index contributed by atoms with van der Waals surface area (Å²) in [6.45, 7) is 7.89. The summed E-state index contributed by atoms with van der Waals surface area (Å²) in [4.78, 5) is 41.2. The Kier molecular flexibility index (Phi) is 5.52. The number of hydrogen-bond donors (Lipinski definition) is 0. The lowest BCUT2D eigenvalue weighted by atomic mass is 9.96. The van der Waals surface area contributed by atoms with Crippen LogP contribution in [0.25, 0.3) is 11.0 Å². The van der Waals surface area contributed by atoms with E-state index in [9.17, 15) is 14.4 Å². The van der Waals surface area contributed by atoms with Gasteiger partial charge in [-0.15, -0.1) is 0 Å². The van der Waals surface area contributed by atoms with Crippen LogP contribution in [0.5, 0.6) is 0 Å². The standard InChI is InChI=1S/C29H25NO5/c1-5-34-29(33)20-10-12-21(13-11-20)30-25(19-8-6-16(2)7-9-19)24-26(31)22-14-17(3)18(4)15-23(22)35-27(24)28(30)32/h6-15,25H,5H2,1-4H3. The molecule has 1 aliphatic rings. The smallest absolute Gasteiger partial charge is 0.338 e. The molecule has 0 N–H and O–H groups in total. The zero-order valence-electron chi connectivity index (χ0n) is 20.0. The van der Waals surface area contributed by atoms with Gasteiger partial charge < -0.3 is 9.15 Å². The molecule has 1 aliphatic heterocycles. The molecule has 176 valence electrons. The van der Waals surface area contributed by atoms with Crippen molar-refractivity contribution in [2.45, 2.75) is 33.7 Å². The molecule has 5 rings (SSSR count). The summed E-state index contributed by atoms with van der Waals surface area (Å²) < 4.78 is 11.2. The van der Waals surface area contributed by atoms with Gasteiger partial charge in [0.05, 0.1) is 29.2 Å². The van der Waals surface area contributed by atoms with Gasteiger partial charge in [-0.05, 0) is 80.8 Å². The Bertz CT molecular complexity index is 1530. The van der Waals surface area contributed by atoms with E-state index in [1.54, 1.807) is 42.2 Å². The van der Waals surface area contributed by atoms with E-state index in [1.807, 2.05) is 51.1 Å². The molecular formula is C29H25NO5. The number of esters is 1. The fraction of sp³-hybridized carbons (Fsp3) is 0.207. The van der Waals surface area contributed by atoms with Gasteiger partial charge in [0.2, 0.25) is 5.76 Å². The van der Waals surface area contributed by atoms with Crippen molar-refractivity contribution in [2.24, 2.45) is 0 Å². The maximum atomic E-state index is 13.8. The predicted octanol–water partition coefficient (Wildman–Crippen LogP) is 5.64. The molecule has 6 nitrogen and oxygen atoms in total. The summed E-state index contributed by atoms with van der Waals surface area (Å²) in [6.07, 6.45) is 0. The normalized spacial score (nSPS) is 14.9. The third kappa shape index (κ3) is 3.71. The van der Waals surface area contributed by atoms with Gasteiger partial charge in [-0.3, -0.25) is 14.5 Å². The topological polar surface area (TPSA) is 76.8 Å². The summed E-state index contributed by atoms with van der Waals surface area (Å²) in [5.41, 5.74) is 5.27. The number of hydrogen-bond acceptors (Lipinski definition) is 5. The van der Waals surface area contributed by atoms with Crippen molar-refractivity contribution < 1.29 is 18.7 Å². The number of ether oxygens (including phenoxy) is 1. The number of carbonyl (C=O) groups is 2. The minimum Gasteiger partial charge on any atom is -0.462 e. The van der Waals surface area contributed by atoms with Gasteiger partial charge in [0.25, 0.3) is 5.91 Å². The van der Waals surface area contributed by atoms with Gasteiger partial charge >= 0.3 is 5.97 Å². The first-order chi connectivity index (χ1) is 16.8. The Labute approximate surface area is 202 Å². The minimum atomic E-state index is -0.659. The molecule has 1 amide bonds. The van der Waals surface area contributed by atoms with Crippen molar-refractivity contribution in [3.63, 3.8) is 0 Å². The van der Waals surface area contributed by atoms with Crippen molar-refractivity contribution in [2.75, 3.05) is 11.5 Å². The highest BCUT2D eigenvalue weighted by Crippen LogP contribution is 2.41. The monoisotopic (exact) mass is 467 g/mol. The SMILES string of the molecule is CCOC(=O)c1ccc(N2C(=O)c3oc4cc(C)c(C)cc4c(=O)c3C2c2ccc(C)cc2)cc1. The van der Waals surface area contributed by atoms with Gasteiger partial charge in [-0.1, -0.05) is 29.8 Å². The van der Waals surface area contributed by atoms with E-state index in [0.717, 1.165) is 22.3 Å². The van der Waals surface area contributed by atoms with Crippen molar-refractivity contribution in [3.05, 3.63) is 110 Å². The van der Waals surface area contributed by atoms with Gasteiger partial charge in [-0.25, -0.2) is 4.79 Å². The Balaban J connectivity index is 1.72. The van der Waals surface area contributed by atoms with Crippen molar-refractivity contribution in [1.82, 2.24) is 0 Å². The van der Waals surface area contributed by atoms with Crippen LogP contribution >= 0.6 is 0 Å². The number of nitrogens with zero attached hydrogens (tertiary/aromatic N) is 1. The minimum absolute atomic E-state index is 0.0470. The number of aryl methyl sites for hydroxylation is 3. The summed E-state index contributed by atoms with van der Waals surface area (Å²) in [5, 5.41) is 0.455. The van der Waals surface area contributed by atoms with Gasteiger partial charge in [0.1, 0.15) is 5.58 Å². The third-order valence-electron chi connectivity index (χ3n) is 6.54. The van der Waals surface area contributed by atoms with Crippen LogP contribution in [-0.2, 0) is 4.74 Å². The Hall–Kier alpha value is -4.19. The lowest BCUT2D eigenvalue weighted by Gasteiger charge is -2.25. The van der Waals surface area contributed by atoms with Gasteiger partial charge in [-0.2, -0.15) is 0 Å². The van der Waals surface area contributed by atoms with Crippen LogP contribution in [-0.4, -0.2) is 18.5 Å². The fourth-order valence-electron chi connectivity index (χ4n) is 4.53. The predicted molar refractivity (Wildman–Crippen MR) is 134 cm³/mol. The summed E-state index contributed by atoms with van der Waals surface area (Å²) in [6, 6.07) is 17.3. The van der Waals surface area contributed by atoms with Crippen LogP contribution in [0.2, 0.25) is 0 Å². The molecule has 1 atom stereocenters. The average Bonchev–Trinajstić information content (AvgIpc) is 3.13. The highest BCUT2D eigenvalue weighted by Gasteiger charge is 2.43. The van der Waals surface area contributed by atoms with E-state index in [1.165, 1.54) is 0 Å². The molecule has 35 heavy (non-hydrogen) atoms. The molecule has 1 aromatic heterocycles. The zero-order chi connectivity index (χ0) is 24.9. The fourth-order valence-corrected chi connectivity index (χ4v) is 4.53. The molecule has 0 saturated carbocycles. The maximum absolute atomic E-state index is 13.8. The van der Waals surface area contributed by atoms with E-state index >= 15 is 0 Å². The Morgan fingerprint density at radius 2 is 1.60 bits per heavy atom. The first-order valence-corrected chi connectivity index (χ1v) is 11.6. The summed E-state index contributed by atoms with van der Waals surface area (Å²) >= 11 is 0. The summed E-state index contributed by atoms with van der Waals surface area (Å²) in [7, 11) is 0. The molecule has 0 fully saturated rings. The first kappa shape index (κ1) is 22.6. The number of benzene rings is 3. The Morgan fingerprint density at radius 1 is 0.943 bits per heavy atom. The second-order valence-electron chi connectivity index (χ2n) is 8.86. The first-order valence-electron chi connectivity index (χ1n) is 11.6. The van der Waals surface area contributed by atoms with Crippen LogP contribution < -0.4 is 10.3 Å². The molecule has 0 aliphatic carbocycles. The van der Waals surface area contributed by atoms with Crippen molar-refractivity contribution in [3.8, 4) is 0 Å². The zero-order valence-corrected chi connectivity index (χ0v) is 20.0. The second-order valence-corrected chi connectivity index (χ2v) is 8.86. The maximum Gasteiger partial charge on any atom is 0.338 e. The molecule has 3 aromatic carbocycles. The van der Waals surface area contributed by atoms with E-state index in [2.05, 4.69) is 0 Å². The van der Waals surface area contributed by atoms with E-state index in [4.69, 9.17) is 9.15 Å². The second kappa shape index (κ2) is 8.55. The van der Waals surface area contributed by atoms with Crippen molar-refractivity contribution >= 4 is 28.5 Å². The van der Waals surface area contributed by atoms with Crippen molar-refractivity contribution in [1.29, 1.82) is 0 Å². The lowest BCUT2D eigenvalue weighted by molar-refractivity contribution is 0.0526. The third-order valence-corrected chi connectivity index (χ3v) is 6.54. The number of anilines is 1. The molecule has 4 aromatic rings. The number of amides is 1. The van der Waals surface area contributed by atoms with Crippen LogP contribution in [0.15, 0.2) is 69.9 Å². The molecule has 6 heteroatoms. The molecule has 0 bridgehead atoms. The number of carbonyl (C=O) groups excluding carboxylic acids is 2. The van der Waals surface area contributed by atoms with Crippen LogP contribution in [0.4, 0.5) is 5.69 Å². The molecule has 0 radical (unpaired) electrons. The van der Waals surface area contributed by atoms with Crippen LogP contribution in [0.3, 0.4) is 0 Å². The highest BCUT2D eigenvalue weighted by molar-refractivity contribution is 6.10. The van der Waals surface area contributed by atoms with E-state index in [0.29, 0.717) is 27.8 Å². The molecule has 0 spiro atoms. The number of fused-ring (bicyclic) bond motifs is 2. The van der Waals surface area contributed by atoms with Crippen LogP contribution in [0, 0.1) is 20.8 Å². The quantitative estimate of drug-likeness (QED) is 0.363. The summed E-state index contributed by atoms with van der Waals surface area (Å²) in [5.74, 6) is -0.781. The number of rotatable bonds is 4.